The van der Waals surface area contributed by atoms with Crippen molar-refractivity contribution in [1.29, 1.82) is 0 Å². The molecule has 3 heteroatoms. The molecule has 0 bridgehead atoms. The summed E-state index contributed by atoms with van der Waals surface area (Å²) in [6, 6.07) is 0. The standard InChI is InChI=1S/C20H39N2O/c1-4-6-7-8-9-10-11-12-13-14-15-16-20-21-17-18-22(20,5-2)19(3)23/h15-17,19-20,23H,4-14,18H2,1-3H3/q+1/b16-15+. The number of allylic oxidation sites excluding steroid dienone is 1. The lowest BCUT2D eigenvalue weighted by Crippen LogP contribution is -2.57. The van der Waals surface area contributed by atoms with Crippen LogP contribution in [0.4, 0.5) is 0 Å². The van der Waals surface area contributed by atoms with Crippen LogP contribution < -0.4 is 0 Å². The van der Waals surface area contributed by atoms with Crippen LogP contribution >= 0.6 is 0 Å². The smallest absolute Gasteiger partial charge is 0.204 e. The highest BCUT2D eigenvalue weighted by Crippen LogP contribution is 2.23. The van der Waals surface area contributed by atoms with Crippen molar-refractivity contribution in [3.63, 3.8) is 0 Å². The molecule has 3 nitrogen and oxygen atoms in total. The third-order valence-corrected chi connectivity index (χ3v) is 5.32. The maximum absolute atomic E-state index is 10.1. The molecule has 1 heterocycles. The SMILES string of the molecule is CCCCCCCCCCC/C=C/C1N=CC[N+]1(CC)C(C)O. The number of hydrogen-bond acceptors (Lipinski definition) is 2. The maximum atomic E-state index is 10.1. The maximum Gasteiger partial charge on any atom is 0.204 e. The zero-order valence-electron chi connectivity index (χ0n) is 15.7. The Morgan fingerprint density at radius 2 is 1.70 bits per heavy atom. The number of hydrogen-bond donors (Lipinski definition) is 1. The molecule has 134 valence electrons. The first-order chi connectivity index (χ1) is 11.2. The number of rotatable bonds is 13. The second-order valence-corrected chi connectivity index (χ2v) is 7.02. The summed E-state index contributed by atoms with van der Waals surface area (Å²) in [5.41, 5.74) is 0. The van der Waals surface area contributed by atoms with Gasteiger partial charge in [-0.3, -0.25) is 4.48 Å². The molecule has 0 aromatic heterocycles. The summed E-state index contributed by atoms with van der Waals surface area (Å²) in [5, 5.41) is 10.1. The van der Waals surface area contributed by atoms with E-state index in [4.69, 9.17) is 0 Å². The van der Waals surface area contributed by atoms with Crippen LogP contribution in [0.2, 0.25) is 0 Å². The van der Waals surface area contributed by atoms with Crippen LogP contribution in [-0.4, -0.2) is 41.3 Å². The van der Waals surface area contributed by atoms with Gasteiger partial charge >= 0.3 is 0 Å². The van der Waals surface area contributed by atoms with Crippen LogP contribution in [-0.2, 0) is 0 Å². The van der Waals surface area contributed by atoms with Crippen molar-refractivity contribution in [1.82, 2.24) is 0 Å². The summed E-state index contributed by atoms with van der Waals surface area (Å²) >= 11 is 0. The van der Waals surface area contributed by atoms with Crippen molar-refractivity contribution in [3.05, 3.63) is 12.2 Å². The number of quaternary nitrogens is 1. The van der Waals surface area contributed by atoms with Crippen molar-refractivity contribution in [3.8, 4) is 0 Å². The van der Waals surface area contributed by atoms with Gasteiger partial charge in [0, 0.05) is 6.92 Å². The van der Waals surface area contributed by atoms with Gasteiger partial charge in [-0.05, 0) is 25.8 Å². The normalized spacial score (nSPS) is 25.5. The molecule has 0 aromatic carbocycles. The fourth-order valence-corrected chi connectivity index (χ4v) is 3.51. The summed E-state index contributed by atoms with van der Waals surface area (Å²) in [5.74, 6) is 0. The van der Waals surface area contributed by atoms with Crippen molar-refractivity contribution in [2.24, 2.45) is 4.99 Å². The lowest BCUT2D eigenvalue weighted by atomic mass is 10.1. The number of aliphatic hydroxyl groups excluding tert-OH is 1. The molecule has 1 aliphatic rings. The van der Waals surface area contributed by atoms with Gasteiger partial charge in [-0.2, -0.15) is 0 Å². The fourth-order valence-electron chi connectivity index (χ4n) is 3.51. The Balaban J connectivity index is 2.11. The molecule has 0 saturated heterocycles. The minimum absolute atomic E-state index is 0.110. The van der Waals surface area contributed by atoms with E-state index in [1.54, 1.807) is 0 Å². The van der Waals surface area contributed by atoms with E-state index in [1.807, 2.05) is 13.1 Å². The van der Waals surface area contributed by atoms with Crippen molar-refractivity contribution in [2.45, 2.75) is 97.4 Å². The van der Waals surface area contributed by atoms with E-state index in [1.165, 1.54) is 57.8 Å². The van der Waals surface area contributed by atoms with E-state index >= 15 is 0 Å². The molecule has 0 radical (unpaired) electrons. The molecular formula is C20H39N2O+. The van der Waals surface area contributed by atoms with E-state index in [2.05, 4.69) is 31.0 Å². The van der Waals surface area contributed by atoms with Crippen LogP contribution in [0.5, 0.6) is 0 Å². The van der Waals surface area contributed by atoms with Crippen LogP contribution in [0.25, 0.3) is 0 Å². The van der Waals surface area contributed by atoms with E-state index in [0.29, 0.717) is 4.48 Å². The van der Waals surface area contributed by atoms with E-state index < -0.39 is 0 Å². The van der Waals surface area contributed by atoms with Crippen LogP contribution in [0.1, 0.15) is 85.0 Å². The van der Waals surface area contributed by atoms with Crippen LogP contribution in [0, 0.1) is 0 Å². The topological polar surface area (TPSA) is 32.6 Å². The lowest BCUT2D eigenvalue weighted by Gasteiger charge is -2.39. The highest BCUT2D eigenvalue weighted by Gasteiger charge is 2.40. The molecule has 0 amide bonds. The quantitative estimate of drug-likeness (QED) is 0.287. The van der Waals surface area contributed by atoms with Gasteiger partial charge in [0.25, 0.3) is 0 Å². The molecule has 0 saturated carbocycles. The van der Waals surface area contributed by atoms with Crippen LogP contribution in [0.15, 0.2) is 17.1 Å². The van der Waals surface area contributed by atoms with Gasteiger partial charge in [0.05, 0.1) is 12.8 Å². The third-order valence-electron chi connectivity index (χ3n) is 5.32. The lowest BCUT2D eigenvalue weighted by molar-refractivity contribution is -0.970. The van der Waals surface area contributed by atoms with Crippen molar-refractivity contribution in [2.75, 3.05) is 13.1 Å². The second kappa shape index (κ2) is 11.8. The molecule has 0 spiro atoms. The second-order valence-electron chi connectivity index (χ2n) is 7.02. The summed E-state index contributed by atoms with van der Waals surface area (Å²) in [4.78, 5) is 4.56. The molecule has 0 aliphatic carbocycles. The van der Waals surface area contributed by atoms with E-state index in [-0.39, 0.29) is 12.4 Å². The molecule has 3 unspecified atom stereocenters. The number of likely N-dealkylation sites (N-methyl/N-ethyl adjacent to an activating group) is 1. The number of unbranched alkanes of at least 4 members (excludes halogenated alkanes) is 9. The van der Waals surface area contributed by atoms with Crippen molar-refractivity contribution < 1.29 is 9.59 Å². The Morgan fingerprint density at radius 1 is 1.09 bits per heavy atom. The van der Waals surface area contributed by atoms with Gasteiger partial charge in [0.2, 0.25) is 6.17 Å². The predicted octanol–water partition coefficient (Wildman–Crippen LogP) is 5.05. The van der Waals surface area contributed by atoms with Gasteiger partial charge in [0.15, 0.2) is 6.23 Å². The molecule has 23 heavy (non-hydrogen) atoms. The highest BCUT2D eigenvalue weighted by molar-refractivity contribution is 5.60. The molecule has 1 aliphatic heterocycles. The van der Waals surface area contributed by atoms with Crippen molar-refractivity contribution >= 4 is 6.21 Å². The minimum Gasteiger partial charge on any atom is -0.345 e. The Kier molecular flexibility index (Phi) is 10.5. The monoisotopic (exact) mass is 323 g/mol. The molecule has 1 rings (SSSR count). The number of aliphatic imine (C=N–C) groups is 1. The minimum atomic E-state index is -0.357. The van der Waals surface area contributed by atoms with E-state index in [0.717, 1.165) is 19.5 Å². The summed E-state index contributed by atoms with van der Waals surface area (Å²) in [7, 11) is 0. The first-order valence-corrected chi connectivity index (χ1v) is 9.90. The Bertz CT molecular complexity index is 352. The first-order valence-electron chi connectivity index (χ1n) is 9.90. The van der Waals surface area contributed by atoms with Gasteiger partial charge in [-0.25, -0.2) is 4.99 Å². The Hall–Kier alpha value is -0.670. The molecular weight excluding hydrogens is 284 g/mol. The van der Waals surface area contributed by atoms with E-state index in [9.17, 15) is 5.11 Å². The van der Waals surface area contributed by atoms with Gasteiger partial charge in [0.1, 0.15) is 6.54 Å². The molecule has 0 fully saturated rings. The average Bonchev–Trinajstić information content (AvgIpc) is 2.97. The highest BCUT2D eigenvalue weighted by atomic mass is 16.3. The molecule has 1 N–H and O–H groups in total. The molecule has 0 aromatic rings. The third kappa shape index (κ3) is 6.76. The van der Waals surface area contributed by atoms with Crippen LogP contribution in [0.3, 0.4) is 0 Å². The summed E-state index contributed by atoms with van der Waals surface area (Å²) in [6.07, 6.45) is 19.8. The summed E-state index contributed by atoms with van der Waals surface area (Å²) < 4.78 is 0.661. The Labute approximate surface area is 144 Å². The van der Waals surface area contributed by atoms with Gasteiger partial charge < -0.3 is 5.11 Å². The zero-order valence-corrected chi connectivity index (χ0v) is 15.7. The Morgan fingerprint density at radius 3 is 2.26 bits per heavy atom. The average molecular weight is 324 g/mol. The number of aliphatic hydroxyl groups is 1. The zero-order chi connectivity index (χ0) is 17.0. The summed E-state index contributed by atoms with van der Waals surface area (Å²) in [6.45, 7) is 8.07. The van der Waals surface area contributed by atoms with Gasteiger partial charge in [-0.1, -0.05) is 64.4 Å². The number of nitrogens with zero attached hydrogens (tertiary/aromatic N) is 2. The fraction of sp³-hybridized carbons (Fsp3) is 0.850. The van der Waals surface area contributed by atoms with Gasteiger partial charge in [-0.15, -0.1) is 0 Å². The first kappa shape index (κ1) is 20.4. The molecule has 3 atom stereocenters. The predicted molar refractivity (Wildman–Crippen MR) is 101 cm³/mol. The largest absolute Gasteiger partial charge is 0.345 e.